The van der Waals surface area contributed by atoms with Crippen LogP contribution in [0, 0.1) is 11.8 Å². The molecule has 0 saturated heterocycles. The Morgan fingerprint density at radius 1 is 0.865 bits per heavy atom. The summed E-state index contributed by atoms with van der Waals surface area (Å²) in [5.74, 6) is 0.329. The highest BCUT2D eigenvalue weighted by Gasteiger charge is 2.22. The average Bonchev–Trinajstić information content (AvgIpc) is 3.29. The lowest BCUT2D eigenvalue weighted by atomic mass is 10.1. The van der Waals surface area contributed by atoms with Crippen LogP contribution in [-0.4, -0.2) is 45.8 Å². The molecule has 0 radical (unpaired) electrons. The van der Waals surface area contributed by atoms with Crippen molar-refractivity contribution in [1.82, 2.24) is 14.4 Å². The first kappa shape index (κ1) is 28.3. The van der Waals surface area contributed by atoms with Gasteiger partial charge in [-0.3, -0.25) is 9.59 Å². The molecule has 1 aromatic heterocycles. The zero-order valence-corrected chi connectivity index (χ0v) is 23.1. The van der Waals surface area contributed by atoms with Gasteiger partial charge in [-0.1, -0.05) is 87.8 Å². The van der Waals surface area contributed by atoms with E-state index in [-0.39, 0.29) is 24.3 Å². The molecule has 0 bridgehead atoms. The van der Waals surface area contributed by atoms with Crippen molar-refractivity contribution in [2.45, 2.75) is 40.8 Å². The van der Waals surface area contributed by atoms with E-state index in [1.807, 2.05) is 77.8 Å². The van der Waals surface area contributed by atoms with E-state index in [0.29, 0.717) is 32.1 Å². The highest BCUT2D eigenvalue weighted by atomic mass is 35.5. The first-order chi connectivity index (χ1) is 17.7. The number of carbonyl (C=O) groups is 2. The van der Waals surface area contributed by atoms with Crippen LogP contribution in [0.5, 0.6) is 0 Å². The van der Waals surface area contributed by atoms with E-state index >= 15 is 0 Å². The molecule has 0 N–H and O–H groups in total. The number of hydrogen-bond donors (Lipinski definition) is 0. The van der Waals surface area contributed by atoms with Crippen LogP contribution in [0.25, 0.3) is 6.08 Å². The second-order valence-electron chi connectivity index (χ2n) is 10.2. The Hall–Kier alpha value is -3.31. The summed E-state index contributed by atoms with van der Waals surface area (Å²) in [6, 6.07) is 21.5. The Morgan fingerprint density at radius 3 is 2.19 bits per heavy atom. The van der Waals surface area contributed by atoms with Crippen molar-refractivity contribution in [2.24, 2.45) is 11.8 Å². The maximum absolute atomic E-state index is 13.6. The molecule has 0 fully saturated rings. The smallest absolute Gasteiger partial charge is 0.247 e. The van der Waals surface area contributed by atoms with Gasteiger partial charge in [0.25, 0.3) is 0 Å². The van der Waals surface area contributed by atoms with Gasteiger partial charge >= 0.3 is 0 Å². The summed E-state index contributed by atoms with van der Waals surface area (Å²) in [7, 11) is 0. The van der Waals surface area contributed by atoms with E-state index in [2.05, 4.69) is 32.3 Å². The van der Waals surface area contributed by atoms with Crippen LogP contribution >= 0.6 is 11.6 Å². The van der Waals surface area contributed by atoms with Crippen molar-refractivity contribution in [1.29, 1.82) is 0 Å². The third kappa shape index (κ3) is 8.94. The van der Waals surface area contributed by atoms with E-state index in [0.717, 1.165) is 21.8 Å². The minimum atomic E-state index is -0.155. The van der Waals surface area contributed by atoms with Crippen LogP contribution in [0.1, 0.15) is 44.5 Å². The molecule has 0 aliphatic heterocycles. The fourth-order valence-electron chi connectivity index (χ4n) is 4.22. The summed E-state index contributed by atoms with van der Waals surface area (Å²) in [5, 5.41) is 0.726. The molecule has 196 valence electrons. The van der Waals surface area contributed by atoms with Crippen LogP contribution in [0.3, 0.4) is 0 Å². The van der Waals surface area contributed by atoms with Gasteiger partial charge < -0.3 is 14.4 Å². The molecule has 2 amide bonds. The largest absolute Gasteiger partial charge is 0.345 e. The molecule has 2 aromatic carbocycles. The summed E-state index contributed by atoms with van der Waals surface area (Å²) in [5.41, 5.74) is 3.01. The summed E-state index contributed by atoms with van der Waals surface area (Å²) in [6.07, 6.45) is 5.37. The maximum atomic E-state index is 13.6. The zero-order valence-electron chi connectivity index (χ0n) is 22.3. The molecule has 5 nitrogen and oxygen atoms in total. The van der Waals surface area contributed by atoms with Crippen molar-refractivity contribution in [3.63, 3.8) is 0 Å². The van der Waals surface area contributed by atoms with Crippen LogP contribution in [0.15, 0.2) is 79.0 Å². The molecular formula is C31H38ClN3O2. The molecule has 0 saturated carbocycles. The summed E-state index contributed by atoms with van der Waals surface area (Å²) < 4.78 is 2.13. The molecule has 37 heavy (non-hydrogen) atoms. The predicted molar refractivity (Wildman–Crippen MR) is 152 cm³/mol. The molecule has 0 spiro atoms. The van der Waals surface area contributed by atoms with Gasteiger partial charge in [0.05, 0.1) is 6.54 Å². The lowest BCUT2D eigenvalue weighted by molar-refractivity contribution is -0.139. The molecular weight excluding hydrogens is 482 g/mol. The lowest BCUT2D eigenvalue weighted by Crippen LogP contribution is -2.44. The number of halogens is 1. The Morgan fingerprint density at radius 2 is 1.51 bits per heavy atom. The van der Waals surface area contributed by atoms with Crippen molar-refractivity contribution < 1.29 is 9.59 Å². The SMILES string of the molecule is CC(C)CN(CC(=O)N(Cc1cccn1Cc1ccccc1Cl)CC(C)C)C(=O)C=Cc1ccccc1. The number of rotatable bonds is 12. The van der Waals surface area contributed by atoms with E-state index in [4.69, 9.17) is 11.6 Å². The lowest BCUT2D eigenvalue weighted by Gasteiger charge is -2.29. The maximum Gasteiger partial charge on any atom is 0.247 e. The fraction of sp³-hybridized carbons (Fsp3) is 0.355. The van der Waals surface area contributed by atoms with Gasteiger partial charge in [-0.2, -0.15) is 0 Å². The number of amides is 2. The van der Waals surface area contributed by atoms with Gasteiger partial charge in [-0.05, 0) is 47.2 Å². The fourth-order valence-corrected chi connectivity index (χ4v) is 4.42. The summed E-state index contributed by atoms with van der Waals surface area (Å²) in [4.78, 5) is 30.2. The number of hydrogen-bond acceptors (Lipinski definition) is 2. The highest BCUT2D eigenvalue weighted by molar-refractivity contribution is 6.31. The number of carbonyl (C=O) groups excluding carboxylic acids is 2. The Kier molecular flexibility index (Phi) is 10.6. The van der Waals surface area contributed by atoms with Gasteiger partial charge in [0.15, 0.2) is 0 Å². The third-order valence-corrected chi connectivity index (χ3v) is 6.32. The summed E-state index contributed by atoms with van der Waals surface area (Å²) >= 11 is 6.39. The van der Waals surface area contributed by atoms with E-state index < -0.39 is 0 Å². The summed E-state index contributed by atoms with van der Waals surface area (Å²) in [6.45, 7) is 10.6. The van der Waals surface area contributed by atoms with Crippen LogP contribution in [0.2, 0.25) is 5.02 Å². The van der Waals surface area contributed by atoms with E-state index in [1.165, 1.54) is 0 Å². The standard InChI is InChI=1S/C31H38ClN3O2/c1-24(2)19-34(22-28-14-10-18-33(28)21-27-13-8-9-15-29(27)32)31(37)23-35(20-25(3)4)30(36)17-16-26-11-6-5-7-12-26/h5-18,24-25H,19-23H2,1-4H3. The van der Waals surface area contributed by atoms with Crippen molar-refractivity contribution in [2.75, 3.05) is 19.6 Å². The normalized spacial score (nSPS) is 11.4. The van der Waals surface area contributed by atoms with Gasteiger partial charge in [0.1, 0.15) is 6.54 Å². The molecule has 0 aliphatic rings. The minimum Gasteiger partial charge on any atom is -0.345 e. The van der Waals surface area contributed by atoms with Crippen molar-refractivity contribution in [3.05, 3.63) is 101 Å². The second kappa shape index (κ2) is 13.8. The first-order valence-corrected chi connectivity index (χ1v) is 13.3. The average molecular weight is 520 g/mol. The van der Waals surface area contributed by atoms with Gasteiger partial charge in [-0.25, -0.2) is 0 Å². The zero-order chi connectivity index (χ0) is 26.8. The molecule has 0 aliphatic carbocycles. The molecule has 6 heteroatoms. The van der Waals surface area contributed by atoms with E-state index in [1.54, 1.807) is 17.1 Å². The Balaban J connectivity index is 1.75. The third-order valence-electron chi connectivity index (χ3n) is 5.95. The number of nitrogens with zero attached hydrogens (tertiary/aromatic N) is 3. The van der Waals surface area contributed by atoms with Crippen LogP contribution in [0.4, 0.5) is 0 Å². The van der Waals surface area contributed by atoms with Gasteiger partial charge in [-0.15, -0.1) is 0 Å². The van der Waals surface area contributed by atoms with Crippen LogP contribution < -0.4 is 0 Å². The molecule has 0 atom stereocenters. The topological polar surface area (TPSA) is 45.6 Å². The predicted octanol–water partition coefficient (Wildman–Crippen LogP) is 6.37. The number of benzene rings is 2. The van der Waals surface area contributed by atoms with Crippen molar-refractivity contribution >= 4 is 29.5 Å². The number of aromatic nitrogens is 1. The highest BCUT2D eigenvalue weighted by Crippen LogP contribution is 2.19. The van der Waals surface area contributed by atoms with Crippen LogP contribution in [-0.2, 0) is 22.7 Å². The molecule has 3 rings (SSSR count). The first-order valence-electron chi connectivity index (χ1n) is 12.9. The van der Waals surface area contributed by atoms with Crippen molar-refractivity contribution in [3.8, 4) is 0 Å². The monoisotopic (exact) mass is 519 g/mol. The quantitative estimate of drug-likeness (QED) is 0.261. The van der Waals surface area contributed by atoms with E-state index in [9.17, 15) is 9.59 Å². The minimum absolute atomic E-state index is 0.0497. The Labute approximate surface area is 226 Å². The molecule has 0 unspecified atom stereocenters. The molecule has 1 heterocycles. The molecule has 3 aromatic rings. The Bertz CT molecular complexity index is 1180. The van der Waals surface area contributed by atoms with Gasteiger partial charge in [0, 0.05) is 42.6 Å². The van der Waals surface area contributed by atoms with Gasteiger partial charge in [0.2, 0.25) is 11.8 Å². The second-order valence-corrected chi connectivity index (χ2v) is 10.7.